The van der Waals surface area contributed by atoms with Gasteiger partial charge in [0.1, 0.15) is 6.61 Å². The highest BCUT2D eigenvalue weighted by atomic mass is 16.5. The van der Waals surface area contributed by atoms with Crippen LogP contribution in [0.15, 0.2) is 48.5 Å². The van der Waals surface area contributed by atoms with Crippen molar-refractivity contribution < 1.29 is 9.47 Å². The summed E-state index contributed by atoms with van der Waals surface area (Å²) in [6, 6.07) is 15.8. The molecule has 0 bridgehead atoms. The highest BCUT2D eigenvalue weighted by Gasteiger charge is 2.08. The fraction of sp³-hybridized carbons (Fsp3) is 0.250. The summed E-state index contributed by atoms with van der Waals surface area (Å²) < 4.78 is 11.1. The van der Waals surface area contributed by atoms with Gasteiger partial charge in [0.25, 0.3) is 0 Å². The maximum absolute atomic E-state index is 5.86. The Labute approximate surface area is 114 Å². The minimum Gasteiger partial charge on any atom is -0.493 e. The van der Waals surface area contributed by atoms with Crippen LogP contribution in [-0.2, 0) is 6.61 Å². The second kappa shape index (κ2) is 6.25. The number of hydrogen-bond acceptors (Lipinski definition) is 3. The van der Waals surface area contributed by atoms with Gasteiger partial charge >= 0.3 is 0 Å². The third kappa shape index (κ3) is 3.48. The molecule has 2 aromatic carbocycles. The van der Waals surface area contributed by atoms with E-state index in [1.165, 1.54) is 0 Å². The first-order chi connectivity index (χ1) is 9.20. The van der Waals surface area contributed by atoms with Crippen molar-refractivity contribution in [3.05, 3.63) is 59.7 Å². The molecule has 0 heterocycles. The Kier molecular flexibility index (Phi) is 4.42. The maximum atomic E-state index is 5.86. The molecule has 100 valence electrons. The Hall–Kier alpha value is -2.00. The summed E-state index contributed by atoms with van der Waals surface area (Å²) in [5.41, 5.74) is 8.01. The Morgan fingerprint density at radius 3 is 2.42 bits per heavy atom. The van der Waals surface area contributed by atoms with E-state index in [9.17, 15) is 0 Å². The van der Waals surface area contributed by atoms with Crippen LogP contribution in [-0.4, -0.2) is 7.11 Å². The van der Waals surface area contributed by atoms with E-state index in [4.69, 9.17) is 15.2 Å². The average Bonchev–Trinajstić information content (AvgIpc) is 2.45. The topological polar surface area (TPSA) is 44.5 Å². The van der Waals surface area contributed by atoms with Gasteiger partial charge in [-0.2, -0.15) is 0 Å². The van der Waals surface area contributed by atoms with Crippen molar-refractivity contribution in [2.75, 3.05) is 7.11 Å². The van der Waals surface area contributed by atoms with Crippen molar-refractivity contribution in [3.63, 3.8) is 0 Å². The van der Waals surface area contributed by atoms with Crippen LogP contribution in [0.2, 0.25) is 0 Å². The van der Waals surface area contributed by atoms with E-state index in [-0.39, 0.29) is 6.04 Å². The normalized spacial score (nSPS) is 11.9. The average molecular weight is 257 g/mol. The van der Waals surface area contributed by atoms with E-state index < -0.39 is 0 Å². The molecule has 0 saturated heterocycles. The summed E-state index contributed by atoms with van der Waals surface area (Å²) in [6.45, 7) is 2.47. The van der Waals surface area contributed by atoms with Gasteiger partial charge in [-0.25, -0.2) is 0 Å². The molecular formula is C16H19NO2. The van der Waals surface area contributed by atoms with E-state index in [1.54, 1.807) is 7.11 Å². The van der Waals surface area contributed by atoms with Gasteiger partial charge < -0.3 is 15.2 Å². The summed E-state index contributed by atoms with van der Waals surface area (Å²) in [4.78, 5) is 0. The number of hydrogen-bond donors (Lipinski definition) is 1. The van der Waals surface area contributed by atoms with Crippen LogP contribution in [0.5, 0.6) is 11.5 Å². The van der Waals surface area contributed by atoms with Crippen molar-refractivity contribution in [2.24, 2.45) is 5.73 Å². The second-order valence-electron chi connectivity index (χ2n) is 4.47. The second-order valence-corrected chi connectivity index (χ2v) is 4.47. The van der Waals surface area contributed by atoms with Gasteiger partial charge in [0, 0.05) is 6.04 Å². The third-order valence-corrected chi connectivity index (χ3v) is 2.95. The number of methoxy groups -OCH3 is 1. The SMILES string of the molecule is COc1cc([C@@H](C)N)ccc1OCc1ccccc1. The van der Waals surface area contributed by atoms with Gasteiger partial charge in [0.05, 0.1) is 7.11 Å². The zero-order chi connectivity index (χ0) is 13.7. The fourth-order valence-electron chi connectivity index (χ4n) is 1.82. The standard InChI is InChI=1S/C16H19NO2/c1-12(17)14-8-9-15(16(10-14)18-2)19-11-13-6-4-3-5-7-13/h3-10,12H,11,17H2,1-2H3/t12-/m1/s1. The number of nitrogens with two attached hydrogens (primary N) is 1. The van der Waals surface area contributed by atoms with Gasteiger partial charge in [-0.1, -0.05) is 36.4 Å². The quantitative estimate of drug-likeness (QED) is 0.893. The van der Waals surface area contributed by atoms with Crippen LogP contribution >= 0.6 is 0 Å². The lowest BCUT2D eigenvalue weighted by molar-refractivity contribution is 0.284. The van der Waals surface area contributed by atoms with E-state index >= 15 is 0 Å². The van der Waals surface area contributed by atoms with Crippen LogP contribution in [0.1, 0.15) is 24.1 Å². The molecule has 0 aliphatic heterocycles. The maximum Gasteiger partial charge on any atom is 0.161 e. The minimum atomic E-state index is -0.0166. The van der Waals surface area contributed by atoms with Crippen LogP contribution in [0, 0.1) is 0 Å². The number of benzene rings is 2. The van der Waals surface area contributed by atoms with E-state index in [0.717, 1.165) is 16.9 Å². The first-order valence-corrected chi connectivity index (χ1v) is 6.31. The van der Waals surface area contributed by atoms with Crippen LogP contribution in [0.3, 0.4) is 0 Å². The van der Waals surface area contributed by atoms with Crippen LogP contribution in [0.4, 0.5) is 0 Å². The predicted molar refractivity (Wildman–Crippen MR) is 76.4 cm³/mol. The Morgan fingerprint density at radius 1 is 1.05 bits per heavy atom. The summed E-state index contributed by atoms with van der Waals surface area (Å²) >= 11 is 0. The monoisotopic (exact) mass is 257 g/mol. The molecule has 0 aromatic heterocycles. The first kappa shape index (κ1) is 13.4. The molecule has 3 heteroatoms. The molecular weight excluding hydrogens is 238 g/mol. The van der Waals surface area contributed by atoms with Crippen molar-refractivity contribution in [1.29, 1.82) is 0 Å². The van der Waals surface area contributed by atoms with Crippen molar-refractivity contribution in [1.82, 2.24) is 0 Å². The molecule has 0 saturated carbocycles. The van der Waals surface area contributed by atoms with E-state index in [0.29, 0.717) is 12.4 Å². The first-order valence-electron chi connectivity index (χ1n) is 6.31. The molecule has 0 radical (unpaired) electrons. The van der Waals surface area contributed by atoms with Crippen molar-refractivity contribution in [3.8, 4) is 11.5 Å². The molecule has 19 heavy (non-hydrogen) atoms. The van der Waals surface area contributed by atoms with Crippen LogP contribution < -0.4 is 15.2 Å². The van der Waals surface area contributed by atoms with Gasteiger partial charge in [-0.05, 0) is 30.2 Å². The van der Waals surface area contributed by atoms with E-state index in [1.807, 2.05) is 55.5 Å². The molecule has 1 atom stereocenters. The van der Waals surface area contributed by atoms with E-state index in [2.05, 4.69) is 0 Å². The Morgan fingerprint density at radius 2 is 1.79 bits per heavy atom. The molecule has 2 aromatic rings. The number of rotatable bonds is 5. The minimum absolute atomic E-state index is 0.0166. The molecule has 0 amide bonds. The molecule has 0 aliphatic rings. The van der Waals surface area contributed by atoms with Gasteiger partial charge in [0.15, 0.2) is 11.5 Å². The van der Waals surface area contributed by atoms with Gasteiger partial charge in [-0.3, -0.25) is 0 Å². The Balaban J connectivity index is 2.12. The smallest absolute Gasteiger partial charge is 0.161 e. The zero-order valence-corrected chi connectivity index (χ0v) is 11.3. The highest BCUT2D eigenvalue weighted by molar-refractivity contribution is 5.43. The van der Waals surface area contributed by atoms with Crippen molar-refractivity contribution >= 4 is 0 Å². The predicted octanol–water partition coefficient (Wildman–Crippen LogP) is 3.29. The summed E-state index contributed by atoms with van der Waals surface area (Å²) in [6.07, 6.45) is 0. The van der Waals surface area contributed by atoms with Crippen molar-refractivity contribution in [2.45, 2.75) is 19.6 Å². The molecule has 2 N–H and O–H groups in total. The molecule has 2 rings (SSSR count). The number of ether oxygens (including phenoxy) is 2. The summed E-state index contributed by atoms with van der Waals surface area (Å²) in [7, 11) is 1.63. The van der Waals surface area contributed by atoms with Gasteiger partial charge in [-0.15, -0.1) is 0 Å². The van der Waals surface area contributed by atoms with Gasteiger partial charge in [0.2, 0.25) is 0 Å². The molecule has 0 unspecified atom stereocenters. The summed E-state index contributed by atoms with van der Waals surface area (Å²) in [5.74, 6) is 1.45. The lowest BCUT2D eigenvalue weighted by Gasteiger charge is -2.13. The van der Waals surface area contributed by atoms with Crippen LogP contribution in [0.25, 0.3) is 0 Å². The molecule has 0 aliphatic carbocycles. The zero-order valence-electron chi connectivity index (χ0n) is 11.3. The fourth-order valence-corrected chi connectivity index (χ4v) is 1.82. The largest absolute Gasteiger partial charge is 0.493 e. The lowest BCUT2D eigenvalue weighted by Crippen LogP contribution is -2.05. The molecule has 0 spiro atoms. The highest BCUT2D eigenvalue weighted by Crippen LogP contribution is 2.30. The third-order valence-electron chi connectivity index (χ3n) is 2.95. The molecule has 0 fully saturated rings. The lowest BCUT2D eigenvalue weighted by atomic mass is 10.1. The summed E-state index contributed by atoms with van der Waals surface area (Å²) in [5, 5.41) is 0. The Bertz CT molecular complexity index is 524. The molecule has 3 nitrogen and oxygen atoms in total.